The van der Waals surface area contributed by atoms with Crippen molar-refractivity contribution in [1.82, 2.24) is 24.0 Å². The van der Waals surface area contributed by atoms with Crippen LogP contribution in [0.5, 0.6) is 0 Å². The van der Waals surface area contributed by atoms with Crippen LogP contribution in [-0.4, -0.2) is 37.6 Å². The molecule has 5 aromatic rings. The Kier molecular flexibility index (Phi) is 4.02. The second-order valence-electron chi connectivity index (χ2n) is 8.65. The smallest absolute Gasteiger partial charge is 0.163 e. The fourth-order valence-electron chi connectivity index (χ4n) is 4.93. The first-order valence-corrected chi connectivity index (χ1v) is 10.8. The summed E-state index contributed by atoms with van der Waals surface area (Å²) in [7, 11) is 4.27. The normalized spacial score (nSPS) is 14.4. The van der Waals surface area contributed by atoms with E-state index in [2.05, 4.69) is 82.9 Å². The molecule has 0 spiro atoms. The van der Waals surface area contributed by atoms with Gasteiger partial charge in [0, 0.05) is 60.5 Å². The Morgan fingerprint density at radius 2 is 1.87 bits per heavy atom. The minimum atomic E-state index is 0.912. The monoisotopic (exact) mass is 407 g/mol. The van der Waals surface area contributed by atoms with Gasteiger partial charge in [-0.1, -0.05) is 24.3 Å². The van der Waals surface area contributed by atoms with Crippen molar-refractivity contribution in [3.63, 3.8) is 0 Å². The zero-order valence-electron chi connectivity index (χ0n) is 18.1. The van der Waals surface area contributed by atoms with E-state index in [9.17, 15) is 0 Å². The molecule has 1 aliphatic rings. The van der Waals surface area contributed by atoms with Gasteiger partial charge in [0.25, 0.3) is 0 Å². The van der Waals surface area contributed by atoms with Crippen molar-refractivity contribution < 1.29 is 0 Å². The molecule has 0 saturated heterocycles. The molecule has 5 nitrogen and oxygen atoms in total. The lowest BCUT2D eigenvalue weighted by atomic mass is 10.0. The van der Waals surface area contributed by atoms with E-state index in [1.807, 2.05) is 13.1 Å². The predicted molar refractivity (Wildman–Crippen MR) is 126 cm³/mol. The molecule has 5 heteroatoms. The fourth-order valence-corrected chi connectivity index (χ4v) is 4.93. The number of benzene rings is 2. The van der Waals surface area contributed by atoms with Gasteiger partial charge in [0.2, 0.25) is 0 Å². The molecule has 31 heavy (non-hydrogen) atoms. The van der Waals surface area contributed by atoms with Crippen molar-refractivity contribution in [2.75, 3.05) is 13.6 Å². The number of fused-ring (bicyclic) bond motifs is 4. The highest BCUT2D eigenvalue weighted by atomic mass is 15.1. The minimum Gasteiger partial charge on any atom is -0.351 e. The lowest BCUT2D eigenvalue weighted by Crippen LogP contribution is -2.27. The van der Waals surface area contributed by atoms with Crippen LogP contribution in [0.1, 0.15) is 17.0 Å². The van der Waals surface area contributed by atoms with Crippen molar-refractivity contribution in [2.45, 2.75) is 19.9 Å². The molecule has 0 saturated carbocycles. The van der Waals surface area contributed by atoms with Crippen molar-refractivity contribution in [1.29, 1.82) is 0 Å². The maximum absolute atomic E-state index is 4.90. The van der Waals surface area contributed by atoms with Gasteiger partial charge in [-0.05, 0) is 43.8 Å². The van der Waals surface area contributed by atoms with Gasteiger partial charge in [0.05, 0.1) is 17.6 Å². The minimum absolute atomic E-state index is 0.912. The number of hydrogen-bond donors (Lipinski definition) is 0. The van der Waals surface area contributed by atoms with E-state index in [1.165, 1.54) is 39.0 Å². The van der Waals surface area contributed by atoms with Crippen molar-refractivity contribution in [3.8, 4) is 16.8 Å². The van der Waals surface area contributed by atoms with Gasteiger partial charge in [-0.15, -0.1) is 0 Å². The maximum atomic E-state index is 4.90. The third-order valence-electron chi connectivity index (χ3n) is 6.49. The molecule has 0 N–H and O–H groups in total. The lowest BCUT2D eigenvalue weighted by Gasteiger charge is -2.24. The molecule has 0 atom stereocenters. The van der Waals surface area contributed by atoms with Crippen LogP contribution in [-0.2, 0) is 20.0 Å². The Morgan fingerprint density at radius 3 is 2.77 bits per heavy atom. The Bertz CT molecular complexity index is 1460. The summed E-state index contributed by atoms with van der Waals surface area (Å²) in [5, 5.41) is 1.26. The number of hydrogen-bond acceptors (Lipinski definition) is 3. The molecular weight excluding hydrogens is 382 g/mol. The Hall–Kier alpha value is -3.44. The van der Waals surface area contributed by atoms with Gasteiger partial charge in [-0.3, -0.25) is 4.57 Å². The number of likely N-dealkylation sites (N-methyl/N-ethyl adjacent to an activating group) is 1. The zero-order valence-corrected chi connectivity index (χ0v) is 18.1. The molecule has 6 rings (SSSR count). The molecule has 4 heterocycles. The summed E-state index contributed by atoms with van der Waals surface area (Å²) in [6, 6.07) is 17.6. The van der Waals surface area contributed by atoms with Gasteiger partial charge in [0.1, 0.15) is 5.52 Å². The highest BCUT2D eigenvalue weighted by molar-refractivity contribution is 5.89. The van der Waals surface area contributed by atoms with E-state index in [-0.39, 0.29) is 0 Å². The molecule has 1 aliphatic heterocycles. The van der Waals surface area contributed by atoms with Crippen LogP contribution in [0.25, 0.3) is 38.9 Å². The first-order valence-electron chi connectivity index (χ1n) is 10.8. The number of para-hydroxylation sites is 1. The second kappa shape index (κ2) is 6.79. The number of rotatable bonds is 2. The van der Waals surface area contributed by atoms with Crippen LogP contribution in [0.2, 0.25) is 0 Å². The molecule has 0 bridgehead atoms. The Labute approximate surface area is 181 Å². The predicted octanol–water partition coefficient (Wildman–Crippen LogP) is 4.88. The van der Waals surface area contributed by atoms with Gasteiger partial charge >= 0.3 is 0 Å². The molecule has 0 radical (unpaired) electrons. The summed E-state index contributed by atoms with van der Waals surface area (Å²) in [6.45, 7) is 3.97. The second-order valence-corrected chi connectivity index (χ2v) is 8.65. The van der Waals surface area contributed by atoms with Gasteiger partial charge in [-0.25, -0.2) is 9.97 Å². The first kappa shape index (κ1) is 18.3. The first-order chi connectivity index (χ1) is 15.1. The molecule has 2 aromatic carbocycles. The quantitative estimate of drug-likeness (QED) is 0.419. The molecule has 154 valence electrons. The van der Waals surface area contributed by atoms with E-state index < -0.39 is 0 Å². The van der Waals surface area contributed by atoms with Crippen LogP contribution in [0.3, 0.4) is 0 Å². The van der Waals surface area contributed by atoms with Gasteiger partial charge < -0.3 is 9.47 Å². The average Bonchev–Trinajstić information content (AvgIpc) is 3.30. The number of nitrogens with zero attached hydrogens (tertiary/aromatic N) is 5. The summed E-state index contributed by atoms with van der Waals surface area (Å²) < 4.78 is 4.52. The number of aromatic nitrogens is 4. The highest BCUT2D eigenvalue weighted by Gasteiger charge is 2.26. The molecule has 0 unspecified atom stereocenters. The molecule has 0 amide bonds. The van der Waals surface area contributed by atoms with E-state index in [0.717, 1.165) is 36.4 Å². The Morgan fingerprint density at radius 1 is 1.00 bits per heavy atom. The topological polar surface area (TPSA) is 38.9 Å². The van der Waals surface area contributed by atoms with E-state index >= 15 is 0 Å². The van der Waals surface area contributed by atoms with E-state index in [0.29, 0.717) is 0 Å². The molecule has 0 aliphatic carbocycles. The fraction of sp³-hybridized carbons (Fsp3) is 0.231. The Balaban J connectivity index is 1.63. The zero-order chi connectivity index (χ0) is 21.1. The van der Waals surface area contributed by atoms with Crippen LogP contribution in [0, 0.1) is 6.92 Å². The molecule has 3 aromatic heterocycles. The third-order valence-corrected chi connectivity index (χ3v) is 6.49. The SMILES string of the molecule is Cc1cnc2c(n1)c1c(n2-c2ccccc2-c2ccc3c(ccn3C)c2)CCN(C)C1. The van der Waals surface area contributed by atoms with E-state index in [4.69, 9.17) is 9.97 Å². The average molecular weight is 408 g/mol. The standard InChI is InChI=1S/C26H25N5/c1-17-15-27-26-25(28-17)21-16-29(2)12-11-24(21)31(26)23-7-5-4-6-20(23)18-8-9-22-19(14-18)10-13-30(22)3/h4-10,13-15H,11-12,16H2,1-3H3. The summed E-state index contributed by atoms with van der Waals surface area (Å²) >= 11 is 0. The summed E-state index contributed by atoms with van der Waals surface area (Å²) in [5.41, 5.74) is 10.5. The summed E-state index contributed by atoms with van der Waals surface area (Å²) in [5.74, 6) is 0. The van der Waals surface area contributed by atoms with E-state index in [1.54, 1.807) is 0 Å². The van der Waals surface area contributed by atoms with Crippen LogP contribution in [0.15, 0.2) is 60.9 Å². The maximum Gasteiger partial charge on any atom is 0.163 e. The van der Waals surface area contributed by atoms with Gasteiger partial charge in [-0.2, -0.15) is 0 Å². The highest BCUT2D eigenvalue weighted by Crippen LogP contribution is 2.36. The lowest BCUT2D eigenvalue weighted by molar-refractivity contribution is 0.311. The van der Waals surface area contributed by atoms with Gasteiger partial charge in [0.15, 0.2) is 5.65 Å². The van der Waals surface area contributed by atoms with Crippen molar-refractivity contribution in [3.05, 3.63) is 77.9 Å². The third kappa shape index (κ3) is 2.81. The van der Waals surface area contributed by atoms with Crippen molar-refractivity contribution >= 4 is 22.1 Å². The van der Waals surface area contributed by atoms with Crippen molar-refractivity contribution in [2.24, 2.45) is 7.05 Å². The van der Waals surface area contributed by atoms with Crippen LogP contribution < -0.4 is 0 Å². The summed E-state index contributed by atoms with van der Waals surface area (Å²) in [6.07, 6.45) is 4.99. The van der Waals surface area contributed by atoms with Crippen LogP contribution >= 0.6 is 0 Å². The molecular formula is C26H25N5. The van der Waals surface area contributed by atoms with Crippen LogP contribution in [0.4, 0.5) is 0 Å². The largest absolute Gasteiger partial charge is 0.351 e. The number of aryl methyl sites for hydroxylation is 2. The summed E-state index contributed by atoms with van der Waals surface area (Å²) in [4.78, 5) is 12.1. The molecule has 0 fully saturated rings.